The van der Waals surface area contributed by atoms with Gasteiger partial charge in [-0.15, -0.1) is 11.3 Å². The molecule has 0 spiro atoms. The van der Waals surface area contributed by atoms with Gasteiger partial charge >= 0.3 is 0 Å². The van der Waals surface area contributed by atoms with Gasteiger partial charge in [0.2, 0.25) is 10.0 Å². The van der Waals surface area contributed by atoms with Crippen molar-refractivity contribution in [3.05, 3.63) is 86.6 Å². The minimum Gasteiger partial charge on any atom is -0.340 e. The maximum absolute atomic E-state index is 13.2. The van der Waals surface area contributed by atoms with Crippen molar-refractivity contribution in [2.75, 3.05) is 14.1 Å². The smallest absolute Gasteiger partial charge is 0.253 e. The van der Waals surface area contributed by atoms with Crippen molar-refractivity contribution in [1.29, 1.82) is 0 Å². The molecule has 1 heterocycles. The van der Waals surface area contributed by atoms with Crippen molar-refractivity contribution in [1.82, 2.24) is 9.62 Å². The van der Waals surface area contributed by atoms with Crippen molar-refractivity contribution < 1.29 is 13.2 Å². The van der Waals surface area contributed by atoms with Crippen LogP contribution in [0.2, 0.25) is 5.02 Å². The molecule has 0 fully saturated rings. The molecule has 1 N–H and O–H groups in total. The van der Waals surface area contributed by atoms with E-state index in [0.29, 0.717) is 0 Å². The van der Waals surface area contributed by atoms with Gasteiger partial charge in [-0.05, 0) is 47.2 Å². The summed E-state index contributed by atoms with van der Waals surface area (Å²) in [4.78, 5) is 14.2. The Morgan fingerprint density at radius 1 is 1.13 bits per heavy atom. The van der Waals surface area contributed by atoms with E-state index in [0.717, 1.165) is 27.6 Å². The molecule has 0 saturated heterocycles. The lowest BCUT2D eigenvalue weighted by Gasteiger charge is -2.20. The highest BCUT2D eigenvalue weighted by Gasteiger charge is 2.24. The van der Waals surface area contributed by atoms with Crippen LogP contribution >= 0.6 is 22.9 Å². The Morgan fingerprint density at radius 3 is 2.42 bits per heavy atom. The third-order valence-electron chi connectivity index (χ3n) is 4.92. The molecule has 1 atom stereocenters. The Kier molecular flexibility index (Phi) is 7.54. The molecule has 2 aromatic carbocycles. The van der Waals surface area contributed by atoms with E-state index >= 15 is 0 Å². The number of carbonyl (C=O) groups is 1. The number of halogens is 1. The van der Waals surface area contributed by atoms with Crippen LogP contribution < -0.4 is 5.32 Å². The molecule has 1 unspecified atom stereocenters. The van der Waals surface area contributed by atoms with E-state index < -0.39 is 15.9 Å². The molecular weight excluding hydrogens is 452 g/mol. The Labute approximate surface area is 192 Å². The lowest BCUT2D eigenvalue weighted by atomic mass is 10.0. The zero-order valence-corrected chi connectivity index (χ0v) is 20.0. The first-order valence-electron chi connectivity index (χ1n) is 9.89. The molecular formula is C23H25ClN2O3S2. The minimum atomic E-state index is -3.69. The zero-order chi connectivity index (χ0) is 22.6. The molecule has 0 bridgehead atoms. The number of nitrogens with zero attached hydrogens (tertiary/aromatic N) is 1. The van der Waals surface area contributed by atoms with Crippen LogP contribution in [0.4, 0.5) is 0 Å². The van der Waals surface area contributed by atoms with Gasteiger partial charge in [-0.3, -0.25) is 4.79 Å². The fraction of sp³-hybridized carbons (Fsp3) is 0.261. The second-order valence-electron chi connectivity index (χ2n) is 7.34. The van der Waals surface area contributed by atoms with Crippen molar-refractivity contribution in [2.45, 2.75) is 30.7 Å². The van der Waals surface area contributed by atoms with Gasteiger partial charge in [0.15, 0.2) is 0 Å². The molecule has 0 aliphatic heterocycles. The number of benzene rings is 2. The number of hydrogen-bond donors (Lipinski definition) is 1. The number of nitrogens with one attached hydrogen (secondary N) is 1. The quantitative estimate of drug-likeness (QED) is 0.490. The van der Waals surface area contributed by atoms with Gasteiger partial charge in [0.1, 0.15) is 0 Å². The average molecular weight is 477 g/mol. The van der Waals surface area contributed by atoms with Gasteiger partial charge in [0.05, 0.1) is 21.5 Å². The molecule has 5 nitrogen and oxygen atoms in total. The van der Waals surface area contributed by atoms with E-state index in [1.165, 1.54) is 37.9 Å². The molecule has 3 aromatic rings. The van der Waals surface area contributed by atoms with Crippen LogP contribution in [-0.2, 0) is 16.4 Å². The third kappa shape index (κ3) is 5.36. The lowest BCUT2D eigenvalue weighted by molar-refractivity contribution is 0.0943. The minimum absolute atomic E-state index is 0.0173. The summed E-state index contributed by atoms with van der Waals surface area (Å²) < 4.78 is 26.1. The van der Waals surface area contributed by atoms with Crippen LogP contribution in [0.5, 0.6) is 0 Å². The third-order valence-corrected chi connectivity index (χ3v) is 7.99. The average Bonchev–Trinajstić information content (AvgIpc) is 3.27. The summed E-state index contributed by atoms with van der Waals surface area (Å²) >= 11 is 7.81. The van der Waals surface area contributed by atoms with Gasteiger partial charge in [0.25, 0.3) is 5.91 Å². The van der Waals surface area contributed by atoms with Gasteiger partial charge < -0.3 is 5.32 Å². The summed E-state index contributed by atoms with van der Waals surface area (Å²) in [6.45, 7) is 2.14. The van der Waals surface area contributed by atoms with Crippen molar-refractivity contribution in [2.24, 2.45) is 0 Å². The summed E-state index contributed by atoms with van der Waals surface area (Å²) in [6, 6.07) is 15.9. The highest BCUT2D eigenvalue weighted by atomic mass is 35.5. The predicted octanol–water partition coefficient (Wildman–Crippen LogP) is 5.12. The van der Waals surface area contributed by atoms with Crippen LogP contribution in [0.15, 0.2) is 64.9 Å². The number of rotatable bonds is 8. The monoisotopic (exact) mass is 476 g/mol. The SMILES string of the molecule is CCCc1ccc(C(NC(=O)c2cc(S(=O)(=O)N(C)C)ccc2Cl)c2cccs2)cc1. The van der Waals surface area contributed by atoms with E-state index in [4.69, 9.17) is 11.6 Å². The maximum atomic E-state index is 13.2. The molecule has 3 rings (SSSR count). The Hall–Kier alpha value is -2.19. The summed E-state index contributed by atoms with van der Waals surface area (Å²) in [5, 5.41) is 5.18. The molecule has 8 heteroatoms. The van der Waals surface area contributed by atoms with E-state index in [9.17, 15) is 13.2 Å². The summed E-state index contributed by atoms with van der Waals surface area (Å²) in [5.74, 6) is -0.433. The molecule has 0 saturated carbocycles. The van der Waals surface area contributed by atoms with Crippen LogP contribution in [0.1, 0.15) is 45.7 Å². The Bertz CT molecular complexity index is 1140. The fourth-order valence-electron chi connectivity index (χ4n) is 3.20. The summed E-state index contributed by atoms with van der Waals surface area (Å²) in [6.07, 6.45) is 2.06. The van der Waals surface area contributed by atoms with Crippen molar-refractivity contribution in [3.8, 4) is 0 Å². The van der Waals surface area contributed by atoms with Gasteiger partial charge in [0, 0.05) is 19.0 Å². The first-order valence-corrected chi connectivity index (χ1v) is 12.6. The fourth-order valence-corrected chi connectivity index (χ4v) is 5.13. The number of sulfonamides is 1. The van der Waals surface area contributed by atoms with Gasteiger partial charge in [-0.25, -0.2) is 12.7 Å². The number of amides is 1. The van der Waals surface area contributed by atoms with Gasteiger partial charge in [-0.2, -0.15) is 0 Å². The lowest BCUT2D eigenvalue weighted by Crippen LogP contribution is -2.29. The van der Waals surface area contributed by atoms with Crippen molar-refractivity contribution in [3.63, 3.8) is 0 Å². The Balaban J connectivity index is 1.95. The van der Waals surface area contributed by atoms with E-state index in [2.05, 4.69) is 24.4 Å². The second kappa shape index (κ2) is 9.96. The van der Waals surface area contributed by atoms with Gasteiger partial charge in [-0.1, -0.05) is 55.3 Å². The van der Waals surface area contributed by atoms with E-state index in [1.807, 2.05) is 29.6 Å². The molecule has 31 heavy (non-hydrogen) atoms. The molecule has 1 amide bonds. The number of thiophene rings is 1. The normalized spacial score (nSPS) is 12.7. The largest absolute Gasteiger partial charge is 0.340 e. The van der Waals surface area contributed by atoms with Crippen LogP contribution in [0.25, 0.3) is 0 Å². The summed E-state index contributed by atoms with van der Waals surface area (Å²) in [7, 11) is -0.801. The van der Waals surface area contributed by atoms with Crippen LogP contribution in [0, 0.1) is 0 Å². The standard InChI is InChI=1S/C23H25ClN2O3S2/c1-4-6-16-8-10-17(11-9-16)22(21-7-5-14-30-21)25-23(27)19-15-18(12-13-20(19)24)31(28,29)26(2)3/h5,7-15,22H,4,6H2,1-3H3,(H,25,27). The predicted molar refractivity (Wildman–Crippen MR) is 126 cm³/mol. The summed E-state index contributed by atoms with van der Waals surface area (Å²) in [5.41, 5.74) is 2.31. The molecule has 0 aliphatic carbocycles. The van der Waals surface area contributed by atoms with Crippen LogP contribution in [-0.4, -0.2) is 32.7 Å². The number of hydrogen-bond acceptors (Lipinski definition) is 4. The highest BCUT2D eigenvalue weighted by molar-refractivity contribution is 7.89. The maximum Gasteiger partial charge on any atom is 0.253 e. The number of aryl methyl sites for hydroxylation is 1. The van der Waals surface area contributed by atoms with E-state index in [1.54, 1.807) is 11.3 Å². The molecule has 164 valence electrons. The topological polar surface area (TPSA) is 66.5 Å². The van der Waals surface area contributed by atoms with E-state index in [-0.39, 0.29) is 21.5 Å². The number of carbonyl (C=O) groups excluding carboxylic acids is 1. The molecule has 0 radical (unpaired) electrons. The van der Waals surface area contributed by atoms with Crippen molar-refractivity contribution >= 4 is 38.9 Å². The Morgan fingerprint density at radius 2 is 1.84 bits per heavy atom. The molecule has 1 aromatic heterocycles. The van der Waals surface area contributed by atoms with Crippen LogP contribution in [0.3, 0.4) is 0 Å². The second-order valence-corrected chi connectivity index (χ2v) is 10.9. The zero-order valence-electron chi connectivity index (χ0n) is 17.6. The highest BCUT2D eigenvalue weighted by Crippen LogP contribution is 2.28. The first-order chi connectivity index (χ1) is 14.7. The first kappa shape index (κ1) is 23.5. The molecule has 0 aliphatic rings.